The monoisotopic (exact) mass is 200 g/mol. The molecule has 78 valence electrons. The highest BCUT2D eigenvalue weighted by atomic mass is 15.0. The van der Waals surface area contributed by atoms with Crippen LogP contribution in [-0.2, 0) is 5.41 Å². The van der Waals surface area contributed by atoms with E-state index in [0.29, 0.717) is 0 Å². The normalized spacial score (nSPS) is 16.5. The number of anilines is 1. The van der Waals surface area contributed by atoms with Gasteiger partial charge in [0.2, 0.25) is 0 Å². The Morgan fingerprint density at radius 3 is 2.80 bits per heavy atom. The van der Waals surface area contributed by atoms with Crippen LogP contribution < -0.4 is 5.32 Å². The van der Waals surface area contributed by atoms with Crippen molar-refractivity contribution >= 4 is 5.82 Å². The van der Waals surface area contributed by atoms with Crippen LogP contribution in [0.25, 0.3) is 0 Å². The summed E-state index contributed by atoms with van der Waals surface area (Å²) >= 11 is 0. The molecule has 0 saturated carbocycles. The lowest BCUT2D eigenvalue weighted by molar-refractivity contribution is 0.483. The number of pyridine rings is 1. The van der Waals surface area contributed by atoms with Crippen LogP contribution in [-0.4, -0.2) is 11.5 Å². The van der Waals surface area contributed by atoms with E-state index in [2.05, 4.69) is 29.5 Å². The van der Waals surface area contributed by atoms with E-state index in [1.54, 1.807) is 0 Å². The zero-order valence-electron chi connectivity index (χ0n) is 8.87. The number of hydrogen-bond acceptors (Lipinski definition) is 2. The number of fused-ring (bicyclic) bond motifs is 1. The van der Waals surface area contributed by atoms with Crippen molar-refractivity contribution < 1.29 is 0 Å². The van der Waals surface area contributed by atoms with Gasteiger partial charge in [0.15, 0.2) is 0 Å². The van der Waals surface area contributed by atoms with E-state index in [1.807, 2.05) is 24.4 Å². The third kappa shape index (κ3) is 1.56. The summed E-state index contributed by atoms with van der Waals surface area (Å²) in [6, 6.07) is 4.14. The van der Waals surface area contributed by atoms with Gasteiger partial charge in [0.05, 0.1) is 0 Å². The third-order valence-corrected chi connectivity index (χ3v) is 3.04. The molecule has 0 fully saturated rings. The Bertz CT molecular complexity index is 372. The molecule has 2 heteroatoms. The lowest BCUT2D eigenvalue weighted by Crippen LogP contribution is -2.27. The molecule has 1 aromatic rings. The summed E-state index contributed by atoms with van der Waals surface area (Å²) < 4.78 is 0. The molecule has 0 spiro atoms. The first-order chi connectivity index (χ1) is 7.32. The second-order valence-electron chi connectivity index (χ2n) is 4.02. The molecule has 2 nitrogen and oxygen atoms in total. The molecule has 0 aliphatic carbocycles. The minimum Gasteiger partial charge on any atom is -0.369 e. The molecule has 0 atom stereocenters. The maximum atomic E-state index is 4.34. The number of nitrogens with one attached hydrogen (secondary N) is 1. The van der Waals surface area contributed by atoms with E-state index in [1.165, 1.54) is 5.56 Å². The molecule has 0 amide bonds. The summed E-state index contributed by atoms with van der Waals surface area (Å²) in [5.74, 6) is 1.02. The van der Waals surface area contributed by atoms with Crippen LogP contribution in [0.15, 0.2) is 43.6 Å². The predicted molar refractivity (Wildman–Crippen MR) is 64.0 cm³/mol. The average Bonchev–Trinajstić information content (AvgIpc) is 2.60. The van der Waals surface area contributed by atoms with Gasteiger partial charge in [0.1, 0.15) is 5.82 Å². The number of allylic oxidation sites excluding steroid dienone is 2. The highest BCUT2D eigenvalue weighted by Gasteiger charge is 2.37. The topological polar surface area (TPSA) is 24.9 Å². The van der Waals surface area contributed by atoms with Crippen molar-refractivity contribution in [3.8, 4) is 0 Å². The summed E-state index contributed by atoms with van der Waals surface area (Å²) in [4.78, 5) is 4.34. The van der Waals surface area contributed by atoms with Crippen LogP contribution in [0, 0.1) is 0 Å². The smallest absolute Gasteiger partial charge is 0.129 e. The van der Waals surface area contributed by atoms with E-state index in [9.17, 15) is 0 Å². The Labute approximate surface area is 90.7 Å². The number of nitrogens with zero attached hydrogens (tertiary/aromatic N) is 1. The van der Waals surface area contributed by atoms with E-state index < -0.39 is 0 Å². The minimum atomic E-state index is 0.118. The van der Waals surface area contributed by atoms with Crippen LogP contribution in [0.3, 0.4) is 0 Å². The van der Waals surface area contributed by atoms with E-state index in [-0.39, 0.29) is 5.41 Å². The minimum absolute atomic E-state index is 0.118. The highest BCUT2D eigenvalue weighted by Crippen LogP contribution is 2.40. The van der Waals surface area contributed by atoms with E-state index >= 15 is 0 Å². The molecule has 0 bridgehead atoms. The molecule has 0 saturated heterocycles. The Morgan fingerprint density at radius 1 is 1.40 bits per heavy atom. The van der Waals surface area contributed by atoms with Crippen molar-refractivity contribution in [3.05, 3.63) is 49.2 Å². The first-order valence-electron chi connectivity index (χ1n) is 5.23. The van der Waals surface area contributed by atoms with Crippen LogP contribution >= 0.6 is 0 Å². The van der Waals surface area contributed by atoms with Crippen molar-refractivity contribution in [2.45, 2.75) is 18.3 Å². The largest absolute Gasteiger partial charge is 0.369 e. The van der Waals surface area contributed by atoms with E-state index in [0.717, 1.165) is 25.2 Å². The highest BCUT2D eigenvalue weighted by molar-refractivity contribution is 5.55. The zero-order chi connectivity index (χ0) is 10.7. The van der Waals surface area contributed by atoms with Gasteiger partial charge in [-0.25, -0.2) is 4.98 Å². The standard InChI is InChI=1S/C13H16N2/c1-3-7-13(8-4-2)10-15-12-11(13)6-5-9-14-12/h3-6,9H,1-2,7-8,10H2,(H,14,15). The summed E-state index contributed by atoms with van der Waals surface area (Å²) in [5, 5.41) is 3.35. The lowest BCUT2D eigenvalue weighted by atomic mass is 9.77. The second-order valence-corrected chi connectivity index (χ2v) is 4.02. The molecule has 0 aromatic carbocycles. The fourth-order valence-electron chi connectivity index (χ4n) is 2.32. The number of hydrogen-bond donors (Lipinski definition) is 1. The van der Waals surface area contributed by atoms with Gasteiger partial charge < -0.3 is 5.32 Å². The molecule has 1 aromatic heterocycles. The van der Waals surface area contributed by atoms with Crippen LogP contribution in [0.2, 0.25) is 0 Å². The van der Waals surface area contributed by atoms with Gasteiger partial charge in [-0.1, -0.05) is 18.2 Å². The molecule has 2 heterocycles. The fourth-order valence-corrected chi connectivity index (χ4v) is 2.32. The summed E-state index contributed by atoms with van der Waals surface area (Å²) in [7, 11) is 0. The Morgan fingerprint density at radius 2 is 2.13 bits per heavy atom. The predicted octanol–water partition coefficient (Wildman–Crippen LogP) is 2.90. The Hall–Kier alpha value is -1.57. The van der Waals surface area contributed by atoms with E-state index in [4.69, 9.17) is 0 Å². The van der Waals surface area contributed by atoms with Crippen LogP contribution in [0.5, 0.6) is 0 Å². The van der Waals surface area contributed by atoms with Gasteiger partial charge in [0.25, 0.3) is 0 Å². The summed E-state index contributed by atoms with van der Waals surface area (Å²) in [6.45, 7) is 8.61. The molecular weight excluding hydrogens is 184 g/mol. The second kappa shape index (κ2) is 3.89. The van der Waals surface area contributed by atoms with Crippen molar-refractivity contribution in [1.29, 1.82) is 0 Å². The molecule has 15 heavy (non-hydrogen) atoms. The Balaban J connectivity index is 2.43. The SMILES string of the molecule is C=CCC1(CC=C)CNc2ncccc21. The molecule has 1 aliphatic rings. The third-order valence-electron chi connectivity index (χ3n) is 3.04. The van der Waals surface area contributed by atoms with Crippen molar-refractivity contribution in [1.82, 2.24) is 4.98 Å². The molecule has 0 radical (unpaired) electrons. The van der Waals surface area contributed by atoms with Crippen molar-refractivity contribution in [2.24, 2.45) is 0 Å². The van der Waals surface area contributed by atoms with Gasteiger partial charge in [-0.05, 0) is 18.9 Å². The van der Waals surface area contributed by atoms with Gasteiger partial charge in [-0.3, -0.25) is 0 Å². The molecule has 2 rings (SSSR count). The first-order valence-corrected chi connectivity index (χ1v) is 5.23. The molecule has 0 unspecified atom stereocenters. The summed E-state index contributed by atoms with van der Waals surface area (Å²) in [5.41, 5.74) is 1.41. The van der Waals surface area contributed by atoms with Gasteiger partial charge in [0, 0.05) is 23.7 Å². The van der Waals surface area contributed by atoms with Gasteiger partial charge in [-0.15, -0.1) is 13.2 Å². The number of aromatic nitrogens is 1. The molecular formula is C13H16N2. The first kappa shape index (κ1) is 9.97. The zero-order valence-corrected chi connectivity index (χ0v) is 8.87. The fraction of sp³-hybridized carbons (Fsp3) is 0.308. The van der Waals surface area contributed by atoms with Crippen molar-refractivity contribution in [3.63, 3.8) is 0 Å². The van der Waals surface area contributed by atoms with Crippen molar-refractivity contribution in [2.75, 3.05) is 11.9 Å². The van der Waals surface area contributed by atoms with Crippen LogP contribution in [0.1, 0.15) is 18.4 Å². The molecule has 1 aliphatic heterocycles. The van der Waals surface area contributed by atoms with Gasteiger partial charge >= 0.3 is 0 Å². The van der Waals surface area contributed by atoms with Crippen LogP contribution in [0.4, 0.5) is 5.82 Å². The number of rotatable bonds is 4. The summed E-state index contributed by atoms with van der Waals surface area (Å²) in [6.07, 6.45) is 7.71. The lowest BCUT2D eigenvalue weighted by Gasteiger charge is -2.26. The Kier molecular flexibility index (Phi) is 2.58. The maximum absolute atomic E-state index is 4.34. The molecule has 1 N–H and O–H groups in total. The van der Waals surface area contributed by atoms with Gasteiger partial charge in [-0.2, -0.15) is 0 Å². The maximum Gasteiger partial charge on any atom is 0.129 e. The quantitative estimate of drug-likeness (QED) is 0.756. The average molecular weight is 200 g/mol.